The van der Waals surface area contributed by atoms with E-state index in [2.05, 4.69) is 21.9 Å². The van der Waals surface area contributed by atoms with Crippen molar-refractivity contribution in [1.29, 1.82) is 0 Å². The zero-order valence-electron chi connectivity index (χ0n) is 24.7. The highest BCUT2D eigenvalue weighted by atomic mass is 31.2. The SMILES string of the molecule is C=Nn1c(/C(N)=N\C)ccc1[C@]1(C)OC(CO[P@@](=O)(N[C@@H](C)C(=O)OCC(CC)CC)Oc2ccccc2)[C@@H](O)[C@H]1O. The maximum Gasteiger partial charge on any atom is 0.459 e. The number of rotatable bonds is 15. The van der Waals surface area contributed by atoms with Crippen LogP contribution in [0.1, 0.15) is 51.9 Å². The molecule has 1 fully saturated rings. The van der Waals surface area contributed by atoms with Crippen molar-refractivity contribution in [3.05, 3.63) is 53.9 Å². The Labute approximate surface area is 246 Å². The number of aliphatic hydroxyl groups is 2. The molecular weight excluding hydrogens is 565 g/mol. The predicted octanol–water partition coefficient (Wildman–Crippen LogP) is 2.78. The second-order valence-corrected chi connectivity index (χ2v) is 11.9. The van der Waals surface area contributed by atoms with Gasteiger partial charge in [-0.2, -0.15) is 10.2 Å². The largest absolute Gasteiger partial charge is 0.464 e. The zero-order chi connectivity index (χ0) is 31.1. The van der Waals surface area contributed by atoms with Gasteiger partial charge in [-0.3, -0.25) is 14.3 Å². The van der Waals surface area contributed by atoms with Gasteiger partial charge in [0.15, 0.2) is 0 Å². The summed E-state index contributed by atoms with van der Waals surface area (Å²) >= 11 is 0. The van der Waals surface area contributed by atoms with Crippen molar-refractivity contribution in [1.82, 2.24) is 9.76 Å². The van der Waals surface area contributed by atoms with E-state index in [1.165, 1.54) is 18.6 Å². The van der Waals surface area contributed by atoms with Crippen molar-refractivity contribution >= 4 is 26.3 Å². The number of nitrogens with one attached hydrogen (secondary N) is 1. The lowest BCUT2D eigenvalue weighted by Gasteiger charge is -2.28. The smallest absolute Gasteiger partial charge is 0.459 e. The number of para-hydroxylation sites is 1. The topological polar surface area (TPSA) is 179 Å². The molecule has 42 heavy (non-hydrogen) atoms. The van der Waals surface area contributed by atoms with Gasteiger partial charge in [0.25, 0.3) is 0 Å². The monoisotopic (exact) mass is 607 g/mol. The maximum atomic E-state index is 13.9. The zero-order valence-corrected chi connectivity index (χ0v) is 25.6. The maximum absolute atomic E-state index is 13.9. The van der Waals surface area contributed by atoms with Crippen LogP contribution in [0.5, 0.6) is 5.75 Å². The van der Waals surface area contributed by atoms with Gasteiger partial charge in [-0.25, -0.2) is 9.24 Å². The first kappa shape index (κ1) is 33.4. The number of aliphatic hydroxyl groups excluding tert-OH is 2. The summed E-state index contributed by atoms with van der Waals surface area (Å²) in [4.78, 5) is 16.7. The number of hydrogen-bond donors (Lipinski definition) is 4. The van der Waals surface area contributed by atoms with Gasteiger partial charge in [-0.1, -0.05) is 44.9 Å². The first-order valence-corrected chi connectivity index (χ1v) is 15.4. The molecule has 0 amide bonds. The Kier molecular flexibility index (Phi) is 11.5. The molecule has 0 spiro atoms. The van der Waals surface area contributed by atoms with E-state index in [0.717, 1.165) is 12.8 Å². The van der Waals surface area contributed by atoms with Gasteiger partial charge in [0.2, 0.25) is 0 Å². The highest BCUT2D eigenvalue weighted by molar-refractivity contribution is 7.52. The molecule has 1 unspecified atom stereocenters. The Morgan fingerprint density at radius 3 is 2.50 bits per heavy atom. The van der Waals surface area contributed by atoms with E-state index < -0.39 is 50.3 Å². The number of aromatic nitrogens is 1. The van der Waals surface area contributed by atoms with Crippen molar-refractivity contribution in [3.63, 3.8) is 0 Å². The fraction of sp³-hybridized carbons (Fsp3) is 0.536. The van der Waals surface area contributed by atoms with Gasteiger partial charge in [0.05, 0.1) is 18.9 Å². The van der Waals surface area contributed by atoms with Crippen molar-refractivity contribution in [3.8, 4) is 5.75 Å². The summed E-state index contributed by atoms with van der Waals surface area (Å²) in [5.41, 5.74) is 5.26. The van der Waals surface area contributed by atoms with Crippen LogP contribution < -0.4 is 15.3 Å². The minimum absolute atomic E-state index is 0.183. The number of aliphatic imine (C=N–C) groups is 1. The minimum atomic E-state index is -4.24. The van der Waals surface area contributed by atoms with Crippen LogP contribution in [0.3, 0.4) is 0 Å². The van der Waals surface area contributed by atoms with E-state index >= 15 is 0 Å². The van der Waals surface area contributed by atoms with Crippen LogP contribution in [0.4, 0.5) is 0 Å². The van der Waals surface area contributed by atoms with Crippen LogP contribution in [0.15, 0.2) is 52.6 Å². The Balaban J connectivity index is 1.80. The van der Waals surface area contributed by atoms with Crippen molar-refractivity contribution < 1.29 is 38.1 Å². The minimum Gasteiger partial charge on any atom is -0.464 e. The Morgan fingerprint density at radius 1 is 1.24 bits per heavy atom. The van der Waals surface area contributed by atoms with Crippen molar-refractivity contribution in [2.75, 3.05) is 20.3 Å². The average molecular weight is 608 g/mol. The van der Waals surface area contributed by atoms with E-state index in [9.17, 15) is 19.6 Å². The summed E-state index contributed by atoms with van der Waals surface area (Å²) < 4.78 is 38.2. The highest BCUT2D eigenvalue weighted by Crippen LogP contribution is 2.47. The molecule has 232 valence electrons. The molecule has 1 aromatic heterocycles. The van der Waals surface area contributed by atoms with Gasteiger partial charge >= 0.3 is 13.7 Å². The predicted molar refractivity (Wildman–Crippen MR) is 159 cm³/mol. The third kappa shape index (κ3) is 7.47. The van der Waals surface area contributed by atoms with Gasteiger partial charge in [-0.05, 0) is 44.0 Å². The molecule has 0 bridgehead atoms. The molecule has 14 heteroatoms. The van der Waals surface area contributed by atoms with E-state index in [4.69, 9.17) is 24.3 Å². The molecule has 1 aliphatic rings. The van der Waals surface area contributed by atoms with E-state index in [0.29, 0.717) is 11.4 Å². The van der Waals surface area contributed by atoms with Crippen LogP contribution >= 0.6 is 7.75 Å². The van der Waals surface area contributed by atoms with Crippen LogP contribution in [-0.4, -0.2) is 78.0 Å². The number of amidine groups is 1. The number of nitrogens with two attached hydrogens (primary N) is 1. The van der Waals surface area contributed by atoms with Gasteiger partial charge in [-0.15, -0.1) is 0 Å². The van der Waals surface area contributed by atoms with Crippen LogP contribution in [0, 0.1) is 5.92 Å². The Morgan fingerprint density at radius 2 is 1.90 bits per heavy atom. The molecule has 1 saturated heterocycles. The third-order valence-electron chi connectivity index (χ3n) is 7.37. The number of hydrogen-bond acceptors (Lipinski definition) is 10. The van der Waals surface area contributed by atoms with Crippen molar-refractivity contribution in [2.45, 2.75) is 70.5 Å². The number of carbonyl (C=O) groups excluding carboxylic acids is 1. The molecule has 2 heterocycles. The van der Waals surface area contributed by atoms with E-state index in [1.54, 1.807) is 49.4 Å². The Bertz CT molecular complexity index is 1280. The lowest BCUT2D eigenvalue weighted by atomic mass is 9.93. The average Bonchev–Trinajstić information content (AvgIpc) is 3.52. The summed E-state index contributed by atoms with van der Waals surface area (Å²) in [6.07, 6.45) is -2.32. The van der Waals surface area contributed by atoms with Crippen LogP contribution in [0.2, 0.25) is 0 Å². The van der Waals surface area contributed by atoms with E-state index in [1.807, 2.05) is 13.8 Å². The summed E-state index contributed by atoms with van der Waals surface area (Å²) in [7, 11) is -2.72. The van der Waals surface area contributed by atoms with Crippen molar-refractivity contribution in [2.24, 2.45) is 21.7 Å². The third-order valence-corrected chi connectivity index (χ3v) is 9.02. The fourth-order valence-electron chi connectivity index (χ4n) is 4.61. The van der Waals surface area contributed by atoms with Gasteiger partial charge in [0, 0.05) is 13.8 Å². The summed E-state index contributed by atoms with van der Waals surface area (Å²) in [6.45, 7) is 10.4. The number of carbonyl (C=O) groups is 1. The number of benzene rings is 1. The quantitative estimate of drug-likeness (QED) is 0.102. The van der Waals surface area contributed by atoms with Crippen LogP contribution in [-0.2, 0) is 29.0 Å². The molecule has 2 aromatic rings. The summed E-state index contributed by atoms with van der Waals surface area (Å²) in [5.74, 6) is 0.000637. The number of ether oxygens (including phenoxy) is 2. The Hall–Kier alpha value is -3.06. The molecule has 1 aliphatic heterocycles. The first-order valence-electron chi connectivity index (χ1n) is 13.8. The molecular formula is C28H42N5O8P. The van der Waals surface area contributed by atoms with Gasteiger partial charge < -0.3 is 29.9 Å². The second kappa shape index (κ2) is 14.4. The second-order valence-electron chi connectivity index (χ2n) is 10.2. The molecule has 5 N–H and O–H groups in total. The lowest BCUT2D eigenvalue weighted by Crippen LogP contribution is -2.40. The number of nitrogens with zero attached hydrogens (tertiary/aromatic N) is 3. The molecule has 0 aliphatic carbocycles. The van der Waals surface area contributed by atoms with Crippen LogP contribution in [0.25, 0.3) is 0 Å². The molecule has 0 saturated carbocycles. The molecule has 0 radical (unpaired) electrons. The van der Waals surface area contributed by atoms with Gasteiger partial charge in [0.1, 0.15) is 47.2 Å². The first-order chi connectivity index (χ1) is 19.9. The molecule has 13 nitrogen and oxygen atoms in total. The highest BCUT2D eigenvalue weighted by Gasteiger charge is 2.54. The molecule has 6 atom stereocenters. The fourth-order valence-corrected chi connectivity index (χ4v) is 6.12. The summed E-state index contributed by atoms with van der Waals surface area (Å²) in [6, 6.07) is 10.5. The normalized spacial score (nSPS) is 24.8. The molecule has 1 aromatic carbocycles. The summed E-state index contributed by atoms with van der Waals surface area (Å²) in [5, 5.41) is 28.6. The molecule has 3 rings (SSSR count). The standard InChI is InChI=1S/C28H42N5O8P/c1-7-19(8-2)16-38-27(36)18(3)32-42(37,41-20-12-10-9-11-13-20)39-17-22-24(34)25(35)28(4,40-22)23-15-14-21(26(29)30-5)33(23)31-6/h9-15,18-19,22,24-25,34-35H,6-8,16-17H2,1-5H3,(H2,29,30)(H,32,37)/t18-,22?,24+,25+,28-,42-/m0/s1. The number of esters is 1. The lowest BCUT2D eigenvalue weighted by molar-refractivity contribution is -0.146. The van der Waals surface area contributed by atoms with E-state index in [-0.39, 0.29) is 24.1 Å².